The molecule has 3 amide bonds. The van der Waals surface area contributed by atoms with E-state index in [9.17, 15) is 24.3 Å². The summed E-state index contributed by atoms with van der Waals surface area (Å²) in [6.07, 6.45) is 5.32. The lowest BCUT2D eigenvalue weighted by molar-refractivity contribution is -0.141. The number of benzene rings is 1. The summed E-state index contributed by atoms with van der Waals surface area (Å²) in [7, 11) is 0. The quantitative estimate of drug-likeness (QED) is 0.132. The Morgan fingerprint density at radius 2 is 1.64 bits per heavy atom. The number of carboxylic acids is 1. The van der Waals surface area contributed by atoms with Crippen molar-refractivity contribution in [3.05, 3.63) is 54.2 Å². The van der Waals surface area contributed by atoms with Gasteiger partial charge in [-0.3, -0.25) is 14.4 Å². The average Bonchev–Trinajstić information content (AvgIpc) is 3.56. The number of fused-ring (bicyclic) bond motifs is 1. The Balaban J connectivity index is 1.72. The summed E-state index contributed by atoms with van der Waals surface area (Å²) in [6.45, 7) is 3.80. The second-order valence-corrected chi connectivity index (χ2v) is 10.2. The smallest absolute Gasteiger partial charge is 0.327 e. The van der Waals surface area contributed by atoms with Crippen LogP contribution in [0.15, 0.2) is 43.0 Å². The van der Waals surface area contributed by atoms with Crippen LogP contribution in [0, 0.1) is 5.92 Å². The molecule has 1 aromatic carbocycles. The highest BCUT2D eigenvalue weighted by molar-refractivity contribution is 7.80. The van der Waals surface area contributed by atoms with E-state index in [-0.39, 0.29) is 24.5 Å². The molecule has 12 nitrogen and oxygen atoms in total. The number of aromatic amines is 2. The van der Waals surface area contributed by atoms with Crippen molar-refractivity contribution in [2.45, 2.75) is 57.3 Å². The van der Waals surface area contributed by atoms with E-state index in [4.69, 9.17) is 5.73 Å². The first-order chi connectivity index (χ1) is 18.6. The minimum absolute atomic E-state index is 0.0267. The van der Waals surface area contributed by atoms with E-state index < -0.39 is 47.9 Å². The Labute approximate surface area is 231 Å². The first kappa shape index (κ1) is 29.7. The van der Waals surface area contributed by atoms with Gasteiger partial charge in [0.1, 0.15) is 18.1 Å². The van der Waals surface area contributed by atoms with Crippen LogP contribution in [0.4, 0.5) is 0 Å². The Bertz CT molecular complexity index is 1280. The summed E-state index contributed by atoms with van der Waals surface area (Å²) < 4.78 is 0. The predicted molar refractivity (Wildman–Crippen MR) is 149 cm³/mol. The number of carboxylic acid groups (broad SMARTS) is 1. The Morgan fingerprint density at radius 1 is 0.974 bits per heavy atom. The molecule has 2 heterocycles. The van der Waals surface area contributed by atoms with E-state index in [1.807, 2.05) is 44.3 Å². The van der Waals surface area contributed by atoms with Gasteiger partial charge in [-0.25, -0.2) is 9.78 Å². The van der Waals surface area contributed by atoms with E-state index in [1.165, 1.54) is 12.5 Å². The molecule has 0 bridgehead atoms. The second-order valence-electron chi connectivity index (χ2n) is 9.78. The van der Waals surface area contributed by atoms with Crippen LogP contribution < -0.4 is 21.7 Å². The molecule has 4 unspecified atom stereocenters. The topological polar surface area (TPSA) is 195 Å². The molecule has 8 N–H and O–H groups in total. The maximum absolute atomic E-state index is 13.4. The van der Waals surface area contributed by atoms with Gasteiger partial charge in [-0.15, -0.1) is 0 Å². The molecule has 3 rings (SSSR count). The summed E-state index contributed by atoms with van der Waals surface area (Å²) in [4.78, 5) is 60.7. The summed E-state index contributed by atoms with van der Waals surface area (Å²) in [5.41, 5.74) is 8.59. The zero-order chi connectivity index (χ0) is 28.5. The van der Waals surface area contributed by atoms with Gasteiger partial charge < -0.3 is 36.8 Å². The number of nitrogens with two attached hydrogens (primary N) is 1. The van der Waals surface area contributed by atoms with Crippen molar-refractivity contribution in [2.24, 2.45) is 11.7 Å². The molecule has 39 heavy (non-hydrogen) atoms. The van der Waals surface area contributed by atoms with Crippen molar-refractivity contribution >= 4 is 47.2 Å². The zero-order valence-corrected chi connectivity index (χ0v) is 22.7. The molecule has 0 saturated heterocycles. The fourth-order valence-corrected chi connectivity index (χ4v) is 4.41. The second kappa shape index (κ2) is 13.8. The number of carbonyl (C=O) groups excluding carboxylic acids is 3. The SMILES string of the molecule is CC(C)CC(NC(=O)C(N)Cc1c[nH]c2ccccc12)C(=O)NC(Cc1cnc[nH]1)C(=O)NC(CS)C(=O)O. The molecule has 0 aliphatic rings. The molecular formula is C26H35N7O5S. The van der Waals surface area contributed by atoms with E-state index in [0.717, 1.165) is 16.5 Å². The molecular weight excluding hydrogens is 522 g/mol. The van der Waals surface area contributed by atoms with Crippen LogP contribution in [0.3, 0.4) is 0 Å². The molecule has 0 aliphatic carbocycles. The van der Waals surface area contributed by atoms with E-state index >= 15 is 0 Å². The van der Waals surface area contributed by atoms with Gasteiger partial charge in [0.25, 0.3) is 0 Å². The largest absolute Gasteiger partial charge is 0.480 e. The summed E-state index contributed by atoms with van der Waals surface area (Å²) in [5.74, 6) is -3.15. The van der Waals surface area contributed by atoms with Crippen LogP contribution in [0.1, 0.15) is 31.5 Å². The lowest BCUT2D eigenvalue weighted by Gasteiger charge is -2.25. The number of amides is 3. The van der Waals surface area contributed by atoms with Gasteiger partial charge in [0, 0.05) is 41.2 Å². The highest BCUT2D eigenvalue weighted by atomic mass is 32.1. The van der Waals surface area contributed by atoms with Crippen molar-refractivity contribution in [3.63, 3.8) is 0 Å². The van der Waals surface area contributed by atoms with Crippen LogP contribution >= 0.6 is 12.6 Å². The third-order valence-electron chi connectivity index (χ3n) is 6.20. The number of para-hydroxylation sites is 1. The monoisotopic (exact) mass is 557 g/mol. The van der Waals surface area contributed by atoms with Gasteiger partial charge in [-0.05, 0) is 30.4 Å². The zero-order valence-electron chi connectivity index (χ0n) is 21.8. The average molecular weight is 558 g/mol. The normalized spacial score (nSPS) is 14.4. The molecule has 13 heteroatoms. The van der Waals surface area contributed by atoms with E-state index in [2.05, 4.69) is 43.5 Å². The number of hydrogen-bond donors (Lipinski definition) is 8. The van der Waals surface area contributed by atoms with Gasteiger partial charge >= 0.3 is 5.97 Å². The molecule has 4 atom stereocenters. The Hall–Kier alpha value is -3.84. The van der Waals surface area contributed by atoms with Gasteiger partial charge in [0.15, 0.2) is 0 Å². The summed E-state index contributed by atoms with van der Waals surface area (Å²) >= 11 is 3.97. The number of rotatable bonds is 14. The summed E-state index contributed by atoms with van der Waals surface area (Å²) in [6, 6.07) is 3.42. The summed E-state index contributed by atoms with van der Waals surface area (Å²) in [5, 5.41) is 18.1. The lowest BCUT2D eigenvalue weighted by Crippen LogP contribution is -2.58. The minimum atomic E-state index is -1.25. The number of thiol groups is 1. The van der Waals surface area contributed by atoms with Gasteiger partial charge in [0.05, 0.1) is 12.4 Å². The van der Waals surface area contributed by atoms with E-state index in [1.54, 1.807) is 0 Å². The molecule has 0 aliphatic heterocycles. The highest BCUT2D eigenvalue weighted by Gasteiger charge is 2.31. The fourth-order valence-electron chi connectivity index (χ4n) is 4.17. The van der Waals surface area contributed by atoms with Crippen molar-refractivity contribution in [2.75, 3.05) is 5.75 Å². The van der Waals surface area contributed by atoms with Crippen molar-refractivity contribution in [1.29, 1.82) is 0 Å². The number of nitrogens with zero attached hydrogens (tertiary/aromatic N) is 1. The number of H-pyrrole nitrogens is 2. The minimum Gasteiger partial charge on any atom is -0.480 e. The molecule has 0 spiro atoms. The highest BCUT2D eigenvalue weighted by Crippen LogP contribution is 2.19. The van der Waals surface area contributed by atoms with Crippen LogP contribution in [0.25, 0.3) is 10.9 Å². The standard InChI is InChI=1S/C26H35N7O5S/c1-14(2)7-20(31-23(34)18(27)8-15-10-29-19-6-4-3-5-17(15)19)24(35)32-21(9-16-11-28-13-30-16)25(36)33-22(12-39)26(37)38/h3-6,10-11,13-14,18,20-22,29,39H,7-9,12,27H2,1-2H3,(H,28,30)(H,31,34)(H,32,35)(H,33,36)(H,37,38). The molecule has 210 valence electrons. The number of carbonyl (C=O) groups is 4. The predicted octanol–water partition coefficient (Wildman–Crippen LogP) is 0.518. The molecule has 0 saturated carbocycles. The lowest BCUT2D eigenvalue weighted by atomic mass is 10.0. The van der Waals surface area contributed by atoms with Gasteiger partial charge in [-0.1, -0.05) is 32.0 Å². The third kappa shape index (κ3) is 8.32. The number of imidazole rings is 1. The van der Waals surface area contributed by atoms with Crippen molar-refractivity contribution < 1.29 is 24.3 Å². The Kier molecular flexibility index (Phi) is 10.5. The van der Waals surface area contributed by atoms with Crippen LogP contribution in [0.2, 0.25) is 0 Å². The molecule has 0 fully saturated rings. The van der Waals surface area contributed by atoms with Gasteiger partial charge in [-0.2, -0.15) is 12.6 Å². The first-order valence-corrected chi connectivity index (χ1v) is 13.2. The third-order valence-corrected chi connectivity index (χ3v) is 6.57. The maximum Gasteiger partial charge on any atom is 0.327 e. The van der Waals surface area contributed by atoms with E-state index in [0.29, 0.717) is 12.1 Å². The number of hydrogen-bond acceptors (Lipinski definition) is 7. The van der Waals surface area contributed by atoms with Crippen molar-refractivity contribution in [3.8, 4) is 0 Å². The Morgan fingerprint density at radius 3 is 2.28 bits per heavy atom. The number of aromatic nitrogens is 3. The number of aliphatic carboxylic acids is 1. The van der Waals surface area contributed by atoms with Gasteiger partial charge in [0.2, 0.25) is 17.7 Å². The molecule has 0 radical (unpaired) electrons. The van der Waals surface area contributed by atoms with Crippen molar-refractivity contribution in [1.82, 2.24) is 30.9 Å². The number of nitrogens with one attached hydrogen (secondary N) is 5. The van der Waals surface area contributed by atoms with Crippen LogP contribution in [-0.2, 0) is 32.0 Å². The van der Waals surface area contributed by atoms with Crippen LogP contribution in [0.5, 0.6) is 0 Å². The molecule has 3 aromatic rings. The first-order valence-electron chi connectivity index (χ1n) is 12.6. The fraction of sp³-hybridized carbons (Fsp3) is 0.423. The maximum atomic E-state index is 13.4. The van der Waals surface area contributed by atoms with Crippen LogP contribution in [-0.4, -0.2) is 73.7 Å². The molecule has 2 aromatic heterocycles.